The molecule has 0 saturated carbocycles. The number of halogens is 3. The van der Waals surface area contributed by atoms with E-state index in [4.69, 9.17) is 14.6 Å². The molecular weight excluding hydrogens is 397 g/mol. The zero-order valence-corrected chi connectivity index (χ0v) is 16.5. The van der Waals surface area contributed by atoms with Gasteiger partial charge in [-0.25, -0.2) is 4.79 Å². The van der Waals surface area contributed by atoms with Crippen LogP contribution in [0.4, 0.5) is 13.2 Å². The van der Waals surface area contributed by atoms with Gasteiger partial charge in [0.2, 0.25) is 0 Å². The average molecular weight is 422 g/mol. The van der Waals surface area contributed by atoms with Gasteiger partial charge in [-0.15, -0.1) is 0 Å². The van der Waals surface area contributed by atoms with E-state index in [-0.39, 0.29) is 0 Å². The number of benzene rings is 2. The summed E-state index contributed by atoms with van der Waals surface area (Å²) in [6.07, 6.45) is -1.72. The first-order valence-corrected chi connectivity index (χ1v) is 9.88. The molecule has 3 N–H and O–H groups in total. The second kappa shape index (κ2) is 9.95. The van der Waals surface area contributed by atoms with Crippen molar-refractivity contribution in [1.29, 1.82) is 0 Å². The lowest BCUT2D eigenvalue weighted by atomic mass is 9.98. The predicted octanol–water partition coefficient (Wildman–Crippen LogP) is 3.45. The average Bonchev–Trinajstić information content (AvgIpc) is 2.94. The van der Waals surface area contributed by atoms with E-state index in [9.17, 15) is 13.2 Å². The van der Waals surface area contributed by atoms with Gasteiger partial charge in [0.25, 0.3) is 0 Å². The molecule has 2 aliphatic rings. The Balaban J connectivity index is 0.000000318. The lowest BCUT2D eigenvalue weighted by molar-refractivity contribution is -0.192. The van der Waals surface area contributed by atoms with Gasteiger partial charge in [0.1, 0.15) is 12.4 Å². The van der Waals surface area contributed by atoms with Gasteiger partial charge < -0.3 is 20.5 Å². The van der Waals surface area contributed by atoms with Crippen molar-refractivity contribution in [1.82, 2.24) is 10.6 Å². The van der Waals surface area contributed by atoms with Crippen molar-refractivity contribution in [2.75, 3.05) is 13.2 Å². The molecule has 162 valence electrons. The van der Waals surface area contributed by atoms with Crippen LogP contribution < -0.4 is 15.4 Å². The molecule has 0 fully saturated rings. The van der Waals surface area contributed by atoms with E-state index in [0.29, 0.717) is 6.04 Å². The molecule has 30 heavy (non-hydrogen) atoms. The molecule has 0 saturated heterocycles. The highest BCUT2D eigenvalue weighted by molar-refractivity contribution is 5.73. The third-order valence-electron chi connectivity index (χ3n) is 5.17. The van der Waals surface area contributed by atoms with Gasteiger partial charge in [-0.05, 0) is 54.1 Å². The number of fused-ring (bicyclic) bond motifs is 2. The molecule has 1 unspecified atom stereocenters. The molecule has 0 aromatic heterocycles. The van der Waals surface area contributed by atoms with E-state index in [1.807, 2.05) is 0 Å². The van der Waals surface area contributed by atoms with Crippen molar-refractivity contribution in [3.63, 3.8) is 0 Å². The Morgan fingerprint density at radius 3 is 2.67 bits per heavy atom. The van der Waals surface area contributed by atoms with E-state index >= 15 is 0 Å². The number of rotatable bonds is 3. The maximum absolute atomic E-state index is 10.6. The fourth-order valence-corrected chi connectivity index (χ4v) is 3.52. The summed E-state index contributed by atoms with van der Waals surface area (Å²) >= 11 is 0. The molecule has 1 atom stereocenters. The quantitative estimate of drug-likeness (QED) is 0.707. The summed E-state index contributed by atoms with van der Waals surface area (Å²) in [4.78, 5) is 8.90. The third-order valence-corrected chi connectivity index (χ3v) is 5.17. The number of carboxylic acid groups (broad SMARTS) is 1. The van der Waals surface area contributed by atoms with Crippen LogP contribution in [0.15, 0.2) is 42.5 Å². The van der Waals surface area contributed by atoms with Crippen LogP contribution in [0.25, 0.3) is 0 Å². The molecular formula is C22H25F3N2O3. The normalized spacial score (nSPS) is 18.0. The fraction of sp³-hybridized carbons (Fsp3) is 0.409. The number of hydrogen-bond donors (Lipinski definition) is 3. The van der Waals surface area contributed by atoms with Crippen LogP contribution in [0.2, 0.25) is 0 Å². The van der Waals surface area contributed by atoms with Gasteiger partial charge in [0, 0.05) is 19.1 Å². The summed E-state index contributed by atoms with van der Waals surface area (Å²) in [5, 5.41) is 14.2. The van der Waals surface area contributed by atoms with Gasteiger partial charge in [0.05, 0.1) is 0 Å². The number of hydrogen-bond acceptors (Lipinski definition) is 4. The highest BCUT2D eigenvalue weighted by Crippen LogP contribution is 2.24. The van der Waals surface area contributed by atoms with Crippen LogP contribution in [0, 0.1) is 0 Å². The molecule has 2 aromatic rings. The molecule has 2 aliphatic heterocycles. The van der Waals surface area contributed by atoms with Crippen LogP contribution in [0.3, 0.4) is 0 Å². The molecule has 0 amide bonds. The van der Waals surface area contributed by atoms with Gasteiger partial charge >= 0.3 is 12.1 Å². The molecule has 0 radical (unpaired) electrons. The highest BCUT2D eigenvalue weighted by atomic mass is 19.4. The molecule has 0 bridgehead atoms. The van der Waals surface area contributed by atoms with Crippen molar-refractivity contribution in [2.45, 2.75) is 44.6 Å². The first-order valence-electron chi connectivity index (χ1n) is 9.88. The van der Waals surface area contributed by atoms with E-state index in [1.165, 1.54) is 22.3 Å². The van der Waals surface area contributed by atoms with Gasteiger partial charge in [-0.1, -0.05) is 36.4 Å². The topological polar surface area (TPSA) is 70.6 Å². The van der Waals surface area contributed by atoms with Crippen LogP contribution in [-0.4, -0.2) is 36.4 Å². The predicted molar refractivity (Wildman–Crippen MR) is 106 cm³/mol. The lowest BCUT2D eigenvalue weighted by Crippen LogP contribution is -2.33. The standard InChI is InChI=1S/C20H24N2O.C2HF3O2/c1-2-4-20-16(3-1)7-8-19(14-23-20)22-12-15-5-6-18-13-21-10-9-17(18)11-15;3-2(4,5)1(6)7/h1-6,11,19,21-22H,7-10,12-14H2;(H,6,7). The van der Waals surface area contributed by atoms with Crippen LogP contribution in [0.1, 0.15) is 28.7 Å². The Morgan fingerprint density at radius 1 is 1.13 bits per heavy atom. The zero-order valence-electron chi connectivity index (χ0n) is 16.5. The SMILES string of the molecule is O=C(O)C(F)(F)F.c1ccc2c(c1)CCC(NCc1ccc3c(c1)CCNC3)CO2. The Labute approximate surface area is 173 Å². The minimum Gasteiger partial charge on any atom is -0.492 e. The number of para-hydroxylation sites is 1. The third kappa shape index (κ3) is 6.21. The van der Waals surface area contributed by atoms with Crippen molar-refractivity contribution < 1.29 is 27.8 Å². The van der Waals surface area contributed by atoms with Crippen molar-refractivity contribution in [3.8, 4) is 5.75 Å². The molecule has 4 rings (SSSR count). The highest BCUT2D eigenvalue weighted by Gasteiger charge is 2.38. The maximum Gasteiger partial charge on any atom is 0.490 e. The number of carboxylic acids is 1. The van der Waals surface area contributed by atoms with Crippen LogP contribution in [0.5, 0.6) is 5.75 Å². The maximum atomic E-state index is 10.6. The Kier molecular flexibility index (Phi) is 7.33. The van der Waals surface area contributed by atoms with E-state index < -0.39 is 12.1 Å². The molecule has 0 aliphatic carbocycles. The monoisotopic (exact) mass is 422 g/mol. The molecule has 2 aromatic carbocycles. The molecule has 2 heterocycles. The van der Waals surface area contributed by atoms with E-state index in [2.05, 4.69) is 53.1 Å². The minimum atomic E-state index is -5.08. The zero-order chi connectivity index (χ0) is 21.6. The molecule has 5 nitrogen and oxygen atoms in total. The number of carbonyl (C=O) groups is 1. The smallest absolute Gasteiger partial charge is 0.490 e. The summed E-state index contributed by atoms with van der Waals surface area (Å²) in [5.74, 6) is -1.70. The molecule has 0 spiro atoms. The Morgan fingerprint density at radius 2 is 1.90 bits per heavy atom. The number of aryl methyl sites for hydroxylation is 1. The fourth-order valence-electron chi connectivity index (χ4n) is 3.52. The van der Waals surface area contributed by atoms with Crippen molar-refractivity contribution in [2.24, 2.45) is 0 Å². The van der Waals surface area contributed by atoms with Crippen LogP contribution in [-0.2, 0) is 30.7 Å². The Hall–Kier alpha value is -2.58. The van der Waals surface area contributed by atoms with Gasteiger partial charge in [-0.3, -0.25) is 0 Å². The first-order chi connectivity index (χ1) is 14.3. The molecule has 8 heteroatoms. The largest absolute Gasteiger partial charge is 0.492 e. The summed E-state index contributed by atoms with van der Waals surface area (Å²) in [6, 6.07) is 15.7. The first kappa shape index (κ1) is 22.1. The summed E-state index contributed by atoms with van der Waals surface area (Å²) in [5.41, 5.74) is 5.67. The summed E-state index contributed by atoms with van der Waals surface area (Å²) in [7, 11) is 0. The van der Waals surface area contributed by atoms with E-state index in [1.54, 1.807) is 0 Å². The summed E-state index contributed by atoms with van der Waals surface area (Å²) in [6.45, 7) is 3.79. The Bertz CT molecular complexity index is 844. The second-order valence-electron chi connectivity index (χ2n) is 7.37. The van der Waals surface area contributed by atoms with Gasteiger partial charge in [-0.2, -0.15) is 13.2 Å². The number of aliphatic carboxylic acids is 1. The van der Waals surface area contributed by atoms with E-state index in [0.717, 1.165) is 51.3 Å². The van der Waals surface area contributed by atoms with Gasteiger partial charge in [0.15, 0.2) is 0 Å². The second-order valence-corrected chi connectivity index (χ2v) is 7.37. The number of nitrogens with one attached hydrogen (secondary N) is 2. The number of ether oxygens (including phenoxy) is 1. The van der Waals surface area contributed by atoms with Crippen molar-refractivity contribution >= 4 is 5.97 Å². The van der Waals surface area contributed by atoms with Crippen molar-refractivity contribution in [3.05, 3.63) is 64.7 Å². The summed E-state index contributed by atoms with van der Waals surface area (Å²) < 4.78 is 37.7. The van der Waals surface area contributed by atoms with Crippen LogP contribution >= 0.6 is 0 Å². The minimum absolute atomic E-state index is 0.417. The lowest BCUT2D eigenvalue weighted by Gasteiger charge is -2.19. The number of alkyl halides is 3.